The number of carbonyl (C=O) groups is 1. The Morgan fingerprint density at radius 3 is 2.60 bits per heavy atom. The molecule has 0 heterocycles. The zero-order valence-electron chi connectivity index (χ0n) is 14.7. The van der Waals surface area contributed by atoms with E-state index < -0.39 is 12.8 Å². The molecule has 0 radical (unpaired) electrons. The largest absolute Gasteiger partial charge is 0.488 e. The molecule has 0 spiro atoms. The zero-order chi connectivity index (χ0) is 18.2. The topological polar surface area (TPSA) is 55.8 Å². The summed E-state index contributed by atoms with van der Waals surface area (Å²) in [6.45, 7) is 7.48. The van der Waals surface area contributed by atoms with Gasteiger partial charge in [-0.25, -0.2) is 0 Å². The average molecular weight is 340 g/mol. The minimum atomic E-state index is -0.594. The molecule has 0 aromatic heterocycles. The average Bonchev–Trinajstić information content (AvgIpc) is 2.63. The van der Waals surface area contributed by atoms with E-state index in [4.69, 9.17) is 9.84 Å². The van der Waals surface area contributed by atoms with E-state index >= 15 is 0 Å². The van der Waals surface area contributed by atoms with Gasteiger partial charge in [-0.3, -0.25) is 4.79 Å². The van der Waals surface area contributed by atoms with Gasteiger partial charge in [0.1, 0.15) is 12.4 Å². The maximum atomic E-state index is 11.7. The van der Waals surface area contributed by atoms with Gasteiger partial charge in [-0.05, 0) is 30.0 Å². The van der Waals surface area contributed by atoms with Crippen LogP contribution >= 0.6 is 0 Å². The fraction of sp³-hybridized carbons (Fsp3) is 0.286. The Kier molecular flexibility index (Phi) is 6.78. The van der Waals surface area contributed by atoms with E-state index in [1.54, 1.807) is 13.0 Å². The molecule has 1 atom stereocenters. The molecule has 0 aliphatic rings. The predicted octanol–water partition coefficient (Wildman–Crippen LogP) is 3.89. The first kappa shape index (κ1) is 18.7. The Morgan fingerprint density at radius 1 is 1.24 bits per heavy atom. The summed E-state index contributed by atoms with van der Waals surface area (Å²) in [6.07, 6.45) is 2.28. The van der Waals surface area contributed by atoms with Crippen molar-refractivity contribution in [3.8, 4) is 5.75 Å². The molecule has 0 amide bonds. The highest BCUT2D eigenvalue weighted by Crippen LogP contribution is 2.30. The van der Waals surface area contributed by atoms with Crippen molar-refractivity contribution in [3.05, 3.63) is 71.3 Å². The molecule has 25 heavy (non-hydrogen) atoms. The van der Waals surface area contributed by atoms with Gasteiger partial charge in [-0.1, -0.05) is 62.0 Å². The molecule has 4 heteroatoms. The maximum Gasteiger partial charge on any atom is 0.311 e. The van der Waals surface area contributed by atoms with Crippen LogP contribution < -0.4 is 4.74 Å². The monoisotopic (exact) mass is 340 g/mol. The summed E-state index contributed by atoms with van der Waals surface area (Å²) in [7, 11) is 0. The Balaban J connectivity index is 2.20. The fourth-order valence-corrected chi connectivity index (χ4v) is 2.68. The van der Waals surface area contributed by atoms with Crippen molar-refractivity contribution in [1.82, 2.24) is 0 Å². The van der Waals surface area contributed by atoms with Crippen LogP contribution in [0.4, 0.5) is 0 Å². The second-order valence-corrected chi connectivity index (χ2v) is 5.94. The molecule has 0 saturated heterocycles. The molecule has 132 valence electrons. The summed E-state index contributed by atoms with van der Waals surface area (Å²) >= 11 is 0. The molecule has 1 N–H and O–H groups in total. The Hall–Kier alpha value is -2.59. The van der Waals surface area contributed by atoms with E-state index in [2.05, 4.69) is 11.3 Å². The van der Waals surface area contributed by atoms with E-state index in [0.717, 1.165) is 28.0 Å². The van der Waals surface area contributed by atoms with Crippen molar-refractivity contribution in [1.29, 1.82) is 0 Å². The predicted molar refractivity (Wildman–Crippen MR) is 98.1 cm³/mol. The third-order valence-corrected chi connectivity index (χ3v) is 4.13. The highest BCUT2D eigenvalue weighted by molar-refractivity contribution is 5.72. The standard InChI is InChI=1S/C21H24O4/c1-4-18-10-11-19(12-15(2)21(23)25-14-22)16(3)20(18)24-13-17-8-6-5-7-9-17/h4-11,15,22H,1,12-14H2,2-3H3. The summed E-state index contributed by atoms with van der Waals surface area (Å²) in [5.74, 6) is 0.0166. The van der Waals surface area contributed by atoms with Crippen LogP contribution in [0.25, 0.3) is 6.08 Å². The van der Waals surface area contributed by atoms with Crippen LogP contribution in [0.2, 0.25) is 0 Å². The maximum absolute atomic E-state index is 11.7. The second kappa shape index (κ2) is 9.04. The van der Waals surface area contributed by atoms with E-state index in [0.29, 0.717) is 13.0 Å². The SMILES string of the molecule is C=Cc1ccc(CC(C)C(=O)OCO)c(C)c1OCc1ccccc1. The second-order valence-electron chi connectivity index (χ2n) is 5.94. The number of aliphatic hydroxyl groups is 1. The smallest absolute Gasteiger partial charge is 0.311 e. The van der Waals surface area contributed by atoms with Gasteiger partial charge >= 0.3 is 5.97 Å². The lowest BCUT2D eigenvalue weighted by Gasteiger charge is -2.17. The summed E-state index contributed by atoms with van der Waals surface area (Å²) < 4.78 is 10.7. The number of hydrogen-bond donors (Lipinski definition) is 1. The Morgan fingerprint density at radius 2 is 1.96 bits per heavy atom. The first-order valence-electron chi connectivity index (χ1n) is 8.26. The van der Waals surface area contributed by atoms with Gasteiger partial charge < -0.3 is 14.6 Å². The molecule has 1 unspecified atom stereocenters. The van der Waals surface area contributed by atoms with Gasteiger partial charge in [0.15, 0.2) is 6.79 Å². The Labute approximate surface area is 148 Å². The lowest BCUT2D eigenvalue weighted by molar-refractivity contribution is -0.156. The quantitative estimate of drug-likeness (QED) is 0.585. The molecule has 2 aromatic rings. The molecule has 0 aliphatic carbocycles. The lowest BCUT2D eigenvalue weighted by Crippen LogP contribution is -2.18. The van der Waals surface area contributed by atoms with Gasteiger partial charge in [-0.15, -0.1) is 0 Å². The van der Waals surface area contributed by atoms with Crippen molar-refractivity contribution in [2.45, 2.75) is 26.9 Å². The van der Waals surface area contributed by atoms with Crippen LogP contribution in [-0.4, -0.2) is 17.9 Å². The number of hydrogen-bond acceptors (Lipinski definition) is 4. The fourth-order valence-electron chi connectivity index (χ4n) is 2.68. The van der Waals surface area contributed by atoms with Gasteiger partial charge in [-0.2, -0.15) is 0 Å². The molecular weight excluding hydrogens is 316 g/mol. The van der Waals surface area contributed by atoms with E-state index in [-0.39, 0.29) is 5.92 Å². The van der Waals surface area contributed by atoms with Gasteiger partial charge in [0.25, 0.3) is 0 Å². The summed E-state index contributed by atoms with van der Waals surface area (Å²) in [5, 5.41) is 8.72. The molecule has 0 bridgehead atoms. The van der Waals surface area contributed by atoms with Gasteiger partial charge in [0, 0.05) is 5.56 Å². The molecule has 2 aromatic carbocycles. The number of rotatable bonds is 8. The molecule has 0 fully saturated rings. The molecular formula is C21H24O4. The highest BCUT2D eigenvalue weighted by atomic mass is 16.6. The van der Waals surface area contributed by atoms with Crippen LogP contribution in [0.5, 0.6) is 5.75 Å². The summed E-state index contributed by atoms with van der Waals surface area (Å²) in [5.41, 5.74) is 4.00. The van der Waals surface area contributed by atoms with Crippen molar-refractivity contribution >= 4 is 12.0 Å². The lowest BCUT2D eigenvalue weighted by atomic mass is 9.95. The van der Waals surface area contributed by atoms with Crippen LogP contribution in [-0.2, 0) is 22.6 Å². The first-order valence-corrected chi connectivity index (χ1v) is 8.26. The minimum absolute atomic E-state index is 0.345. The summed E-state index contributed by atoms with van der Waals surface area (Å²) in [4.78, 5) is 11.7. The van der Waals surface area contributed by atoms with E-state index in [1.807, 2.05) is 49.4 Å². The molecule has 4 nitrogen and oxygen atoms in total. The minimum Gasteiger partial charge on any atom is -0.488 e. The highest BCUT2D eigenvalue weighted by Gasteiger charge is 2.18. The van der Waals surface area contributed by atoms with Crippen LogP contribution in [0.3, 0.4) is 0 Å². The third-order valence-electron chi connectivity index (χ3n) is 4.13. The van der Waals surface area contributed by atoms with E-state index in [9.17, 15) is 4.79 Å². The van der Waals surface area contributed by atoms with Gasteiger partial charge in [0.2, 0.25) is 0 Å². The van der Waals surface area contributed by atoms with Crippen molar-refractivity contribution in [3.63, 3.8) is 0 Å². The van der Waals surface area contributed by atoms with Crippen LogP contribution in [0, 0.1) is 12.8 Å². The van der Waals surface area contributed by atoms with Crippen molar-refractivity contribution in [2.75, 3.05) is 6.79 Å². The van der Waals surface area contributed by atoms with Crippen molar-refractivity contribution < 1.29 is 19.4 Å². The number of ether oxygens (including phenoxy) is 2. The van der Waals surface area contributed by atoms with E-state index in [1.165, 1.54) is 0 Å². The Bertz CT molecular complexity index is 722. The third kappa shape index (κ3) is 4.94. The van der Waals surface area contributed by atoms with Crippen molar-refractivity contribution in [2.24, 2.45) is 5.92 Å². The van der Waals surface area contributed by atoms with Gasteiger partial charge in [0.05, 0.1) is 5.92 Å². The molecule has 2 rings (SSSR count). The van der Waals surface area contributed by atoms with Crippen LogP contribution in [0.1, 0.15) is 29.2 Å². The number of carbonyl (C=O) groups excluding carboxylic acids is 1. The first-order chi connectivity index (χ1) is 12.1. The normalized spacial score (nSPS) is 11.6. The summed E-state index contributed by atoms with van der Waals surface area (Å²) in [6, 6.07) is 13.9. The molecule has 0 aliphatic heterocycles. The number of aliphatic hydroxyl groups excluding tert-OH is 1. The number of esters is 1. The number of benzene rings is 2. The molecule has 0 saturated carbocycles. The zero-order valence-corrected chi connectivity index (χ0v) is 14.7. The van der Waals surface area contributed by atoms with Crippen LogP contribution in [0.15, 0.2) is 49.0 Å².